The number of hydrogen-bond acceptors (Lipinski definition) is 6. The summed E-state index contributed by atoms with van der Waals surface area (Å²) in [6, 6.07) is 11.3. The van der Waals surface area contributed by atoms with Crippen LogP contribution in [0.4, 0.5) is 0 Å². The van der Waals surface area contributed by atoms with Crippen LogP contribution in [0.1, 0.15) is 41.9 Å². The number of nitrogens with zero attached hydrogens (tertiary/aromatic N) is 1. The van der Waals surface area contributed by atoms with Crippen LogP contribution in [0.5, 0.6) is 5.75 Å². The molecule has 1 aliphatic rings. The lowest BCUT2D eigenvalue weighted by molar-refractivity contribution is -0.124. The van der Waals surface area contributed by atoms with E-state index in [1.807, 2.05) is 49.6 Å². The third kappa shape index (κ3) is 7.84. The molecule has 0 radical (unpaired) electrons. The maximum atomic E-state index is 12.8. The second-order valence-electron chi connectivity index (χ2n) is 8.71. The Morgan fingerprint density at radius 1 is 1.21 bits per heavy atom. The predicted molar refractivity (Wildman–Crippen MR) is 131 cm³/mol. The molecule has 1 aliphatic heterocycles. The smallest absolute Gasteiger partial charge is 0.262 e. The summed E-state index contributed by atoms with van der Waals surface area (Å²) in [6.07, 6.45) is 2.13. The molecule has 1 aromatic carbocycles. The van der Waals surface area contributed by atoms with Crippen LogP contribution in [-0.4, -0.2) is 62.2 Å². The van der Waals surface area contributed by atoms with Crippen LogP contribution in [0, 0.1) is 5.92 Å². The predicted octanol–water partition coefficient (Wildman–Crippen LogP) is 3.31. The molecule has 1 aromatic heterocycles. The molecule has 1 fully saturated rings. The van der Waals surface area contributed by atoms with Crippen LogP contribution in [0.3, 0.4) is 0 Å². The fourth-order valence-corrected chi connectivity index (χ4v) is 4.44. The number of amides is 2. The number of nitrogens with one attached hydrogen (secondary N) is 2. The Balaban J connectivity index is 1.46. The van der Waals surface area contributed by atoms with E-state index in [4.69, 9.17) is 9.47 Å². The number of hydrogen-bond donors (Lipinski definition) is 2. The third-order valence-corrected chi connectivity index (χ3v) is 6.74. The lowest BCUT2D eigenvalue weighted by Crippen LogP contribution is -2.49. The summed E-state index contributed by atoms with van der Waals surface area (Å²) in [5.74, 6) is 0.337. The first-order valence-corrected chi connectivity index (χ1v) is 12.4. The minimum Gasteiger partial charge on any atom is -0.492 e. The van der Waals surface area contributed by atoms with Crippen molar-refractivity contribution in [3.63, 3.8) is 0 Å². The van der Waals surface area contributed by atoms with Crippen molar-refractivity contribution in [1.29, 1.82) is 0 Å². The van der Waals surface area contributed by atoms with Gasteiger partial charge >= 0.3 is 0 Å². The number of likely N-dealkylation sites (N-methyl/N-ethyl adjacent to an activating group) is 1. The second kappa shape index (κ2) is 12.7. The van der Waals surface area contributed by atoms with Crippen LogP contribution < -0.4 is 15.4 Å². The average molecular weight is 474 g/mol. The van der Waals surface area contributed by atoms with E-state index < -0.39 is 6.04 Å². The molecule has 7 nitrogen and oxygen atoms in total. The summed E-state index contributed by atoms with van der Waals surface area (Å²) < 4.78 is 11.4. The molecule has 180 valence electrons. The fourth-order valence-electron chi connectivity index (χ4n) is 3.82. The quantitative estimate of drug-likeness (QED) is 0.524. The highest BCUT2D eigenvalue weighted by atomic mass is 32.1. The van der Waals surface area contributed by atoms with Crippen molar-refractivity contribution >= 4 is 23.2 Å². The number of carbonyl (C=O) groups excluding carboxylic acids is 2. The first-order valence-electron chi connectivity index (χ1n) is 11.6. The summed E-state index contributed by atoms with van der Waals surface area (Å²) in [5, 5.41) is 7.65. The summed E-state index contributed by atoms with van der Waals surface area (Å²) in [7, 11) is 2.13. The summed E-state index contributed by atoms with van der Waals surface area (Å²) in [5.41, 5.74) is 0.950. The molecule has 1 saturated heterocycles. The Morgan fingerprint density at radius 3 is 2.70 bits per heavy atom. The Hall–Kier alpha value is -2.42. The zero-order valence-corrected chi connectivity index (χ0v) is 20.5. The third-order valence-electron chi connectivity index (χ3n) is 5.87. The Kier molecular flexibility index (Phi) is 9.72. The van der Waals surface area contributed by atoms with Gasteiger partial charge in [-0.2, -0.15) is 0 Å². The second-order valence-corrected chi connectivity index (χ2v) is 9.66. The molecule has 0 aliphatic carbocycles. The largest absolute Gasteiger partial charge is 0.492 e. The van der Waals surface area contributed by atoms with Crippen molar-refractivity contribution in [3.8, 4) is 5.75 Å². The van der Waals surface area contributed by atoms with E-state index in [0.717, 1.165) is 43.9 Å². The molecular weight excluding hydrogens is 438 g/mol. The Morgan fingerprint density at radius 2 is 2.00 bits per heavy atom. The zero-order valence-electron chi connectivity index (χ0n) is 19.7. The SMILES string of the molecule is CC(C)C(NC(=O)c1cccs1)C(=O)NCc1cccc(OCCN(C)C2CCOCC2)c1. The summed E-state index contributed by atoms with van der Waals surface area (Å²) in [4.78, 5) is 28.1. The lowest BCUT2D eigenvalue weighted by Gasteiger charge is -2.31. The highest BCUT2D eigenvalue weighted by molar-refractivity contribution is 7.12. The van der Waals surface area contributed by atoms with E-state index in [1.54, 1.807) is 6.07 Å². The first kappa shape index (κ1) is 25.2. The van der Waals surface area contributed by atoms with E-state index in [9.17, 15) is 9.59 Å². The Labute approximate surface area is 200 Å². The molecule has 3 rings (SSSR count). The zero-order chi connectivity index (χ0) is 23.6. The van der Waals surface area contributed by atoms with Crippen molar-refractivity contribution in [2.75, 3.05) is 33.4 Å². The van der Waals surface area contributed by atoms with Crippen LogP contribution in [0.2, 0.25) is 0 Å². The van der Waals surface area contributed by atoms with Gasteiger partial charge < -0.3 is 20.1 Å². The molecule has 33 heavy (non-hydrogen) atoms. The minimum atomic E-state index is -0.597. The minimum absolute atomic E-state index is 0.0312. The fraction of sp³-hybridized carbons (Fsp3) is 0.520. The van der Waals surface area contributed by atoms with Gasteiger partial charge in [-0.05, 0) is 54.9 Å². The topological polar surface area (TPSA) is 79.9 Å². The Bertz CT molecular complexity index is 882. The van der Waals surface area contributed by atoms with Gasteiger partial charge in [0.05, 0.1) is 4.88 Å². The van der Waals surface area contributed by atoms with Gasteiger partial charge in [-0.3, -0.25) is 14.5 Å². The highest BCUT2D eigenvalue weighted by Crippen LogP contribution is 2.16. The van der Waals surface area contributed by atoms with Crippen LogP contribution in [0.15, 0.2) is 41.8 Å². The van der Waals surface area contributed by atoms with E-state index in [-0.39, 0.29) is 17.7 Å². The van der Waals surface area contributed by atoms with Crippen molar-refractivity contribution in [1.82, 2.24) is 15.5 Å². The standard InChI is InChI=1S/C25H35N3O4S/c1-18(2)23(27-24(29)22-8-5-15-33-22)25(30)26-17-19-6-4-7-21(16-19)32-14-11-28(3)20-9-12-31-13-10-20/h4-8,15-16,18,20,23H,9-14,17H2,1-3H3,(H,26,30)(H,27,29). The van der Waals surface area contributed by atoms with Gasteiger partial charge in [0.1, 0.15) is 18.4 Å². The van der Waals surface area contributed by atoms with E-state index in [2.05, 4.69) is 22.6 Å². The monoisotopic (exact) mass is 473 g/mol. The summed E-state index contributed by atoms with van der Waals surface area (Å²) >= 11 is 1.36. The molecule has 2 amide bonds. The molecule has 8 heteroatoms. The number of benzene rings is 1. The van der Waals surface area contributed by atoms with Gasteiger partial charge in [0.25, 0.3) is 5.91 Å². The maximum absolute atomic E-state index is 12.8. The molecule has 2 heterocycles. The normalized spacial score (nSPS) is 15.4. The van der Waals surface area contributed by atoms with E-state index in [0.29, 0.717) is 24.1 Å². The number of thiophene rings is 1. The number of carbonyl (C=O) groups is 2. The molecular formula is C25H35N3O4S. The van der Waals surface area contributed by atoms with Gasteiger partial charge in [-0.25, -0.2) is 0 Å². The lowest BCUT2D eigenvalue weighted by atomic mass is 10.0. The first-order chi connectivity index (χ1) is 15.9. The average Bonchev–Trinajstić information content (AvgIpc) is 3.37. The number of rotatable bonds is 11. The van der Waals surface area contributed by atoms with Crippen molar-refractivity contribution in [2.24, 2.45) is 5.92 Å². The molecule has 2 aromatic rings. The molecule has 0 bridgehead atoms. The molecule has 0 saturated carbocycles. The van der Waals surface area contributed by atoms with Gasteiger partial charge in [0.2, 0.25) is 5.91 Å². The molecule has 1 atom stereocenters. The van der Waals surface area contributed by atoms with Crippen LogP contribution in [0.25, 0.3) is 0 Å². The van der Waals surface area contributed by atoms with Gasteiger partial charge in [-0.15, -0.1) is 11.3 Å². The number of ether oxygens (including phenoxy) is 2. The van der Waals surface area contributed by atoms with Crippen molar-refractivity contribution in [3.05, 3.63) is 52.2 Å². The van der Waals surface area contributed by atoms with E-state index in [1.165, 1.54) is 11.3 Å². The van der Waals surface area contributed by atoms with Crippen LogP contribution >= 0.6 is 11.3 Å². The molecule has 0 spiro atoms. The van der Waals surface area contributed by atoms with Gasteiger partial charge in [0, 0.05) is 32.3 Å². The van der Waals surface area contributed by atoms with Gasteiger partial charge in [-0.1, -0.05) is 32.0 Å². The van der Waals surface area contributed by atoms with Crippen molar-refractivity contribution < 1.29 is 19.1 Å². The highest BCUT2D eigenvalue weighted by Gasteiger charge is 2.25. The molecule has 1 unspecified atom stereocenters. The van der Waals surface area contributed by atoms with Gasteiger partial charge in [0.15, 0.2) is 0 Å². The van der Waals surface area contributed by atoms with E-state index >= 15 is 0 Å². The van der Waals surface area contributed by atoms with Crippen molar-refractivity contribution in [2.45, 2.75) is 45.3 Å². The summed E-state index contributed by atoms with van der Waals surface area (Å²) in [6.45, 7) is 7.34. The maximum Gasteiger partial charge on any atom is 0.262 e. The van der Waals surface area contributed by atoms with Crippen LogP contribution in [-0.2, 0) is 16.1 Å². The molecule has 2 N–H and O–H groups in total.